The molecule has 0 atom stereocenters. The Morgan fingerprint density at radius 2 is 1.80 bits per heavy atom. The van der Waals surface area contributed by atoms with Crippen LogP contribution in [0.1, 0.15) is 30.7 Å². The molecule has 2 aliphatic heterocycles. The molecule has 0 N–H and O–H groups in total. The molecule has 2 aliphatic rings. The SMILES string of the molecule is CN1CCN(CCCc2ccc(-c3noc(CN(C)C4CCOCC4)n3)cc2)CC1. The van der Waals surface area contributed by atoms with E-state index in [9.17, 15) is 0 Å². The number of rotatable bonds is 8. The van der Waals surface area contributed by atoms with E-state index in [2.05, 4.69) is 63.2 Å². The van der Waals surface area contributed by atoms with Gasteiger partial charge in [0, 0.05) is 51.0 Å². The summed E-state index contributed by atoms with van der Waals surface area (Å²) in [6, 6.07) is 9.15. The minimum absolute atomic E-state index is 0.527. The maximum absolute atomic E-state index is 5.51. The zero-order chi connectivity index (χ0) is 20.8. The summed E-state index contributed by atoms with van der Waals surface area (Å²) in [4.78, 5) is 11.9. The number of likely N-dealkylation sites (N-methyl/N-ethyl adjacent to an activating group) is 1. The maximum Gasteiger partial charge on any atom is 0.241 e. The topological polar surface area (TPSA) is 57.9 Å². The van der Waals surface area contributed by atoms with Crippen LogP contribution in [0.3, 0.4) is 0 Å². The van der Waals surface area contributed by atoms with Crippen molar-refractivity contribution in [3.05, 3.63) is 35.7 Å². The van der Waals surface area contributed by atoms with Crippen LogP contribution in [0.15, 0.2) is 28.8 Å². The van der Waals surface area contributed by atoms with Crippen LogP contribution in [-0.2, 0) is 17.7 Å². The van der Waals surface area contributed by atoms with Gasteiger partial charge in [0.15, 0.2) is 0 Å². The summed E-state index contributed by atoms with van der Waals surface area (Å²) in [5, 5.41) is 4.20. The van der Waals surface area contributed by atoms with E-state index in [4.69, 9.17) is 9.26 Å². The smallest absolute Gasteiger partial charge is 0.241 e. The highest BCUT2D eigenvalue weighted by Crippen LogP contribution is 2.19. The molecule has 1 aromatic carbocycles. The highest BCUT2D eigenvalue weighted by molar-refractivity contribution is 5.54. The number of hydrogen-bond acceptors (Lipinski definition) is 7. The molecular weight excluding hydrogens is 378 g/mol. The third-order valence-electron chi connectivity index (χ3n) is 6.41. The van der Waals surface area contributed by atoms with Crippen LogP contribution in [0, 0.1) is 0 Å². The van der Waals surface area contributed by atoms with Crippen molar-refractivity contribution in [2.24, 2.45) is 0 Å². The highest BCUT2D eigenvalue weighted by atomic mass is 16.5. The normalized spacial score (nSPS) is 19.6. The second-order valence-corrected chi connectivity index (χ2v) is 8.72. The lowest BCUT2D eigenvalue weighted by atomic mass is 10.1. The van der Waals surface area contributed by atoms with Crippen LogP contribution in [0.5, 0.6) is 0 Å². The van der Waals surface area contributed by atoms with Crippen molar-refractivity contribution >= 4 is 0 Å². The molecule has 7 nitrogen and oxygen atoms in total. The van der Waals surface area contributed by atoms with E-state index in [1.54, 1.807) is 0 Å². The van der Waals surface area contributed by atoms with Gasteiger partial charge < -0.3 is 19.1 Å². The molecule has 2 saturated heterocycles. The molecule has 0 radical (unpaired) electrons. The Morgan fingerprint density at radius 1 is 1.07 bits per heavy atom. The van der Waals surface area contributed by atoms with Gasteiger partial charge in [-0.15, -0.1) is 0 Å². The molecule has 164 valence electrons. The average Bonchev–Trinajstić information content (AvgIpc) is 3.25. The summed E-state index contributed by atoms with van der Waals surface area (Å²) in [7, 11) is 4.33. The first kappa shape index (κ1) is 21.4. The second kappa shape index (κ2) is 10.5. The van der Waals surface area contributed by atoms with Crippen molar-refractivity contribution in [3.8, 4) is 11.4 Å². The zero-order valence-corrected chi connectivity index (χ0v) is 18.4. The Labute approximate surface area is 180 Å². The van der Waals surface area contributed by atoms with Crippen molar-refractivity contribution in [1.29, 1.82) is 0 Å². The van der Waals surface area contributed by atoms with Crippen LogP contribution >= 0.6 is 0 Å². The molecule has 7 heteroatoms. The van der Waals surface area contributed by atoms with Gasteiger partial charge in [0.25, 0.3) is 0 Å². The molecule has 0 bridgehead atoms. The van der Waals surface area contributed by atoms with E-state index < -0.39 is 0 Å². The molecule has 1 aromatic heterocycles. The molecule has 0 saturated carbocycles. The van der Waals surface area contributed by atoms with E-state index in [0.29, 0.717) is 24.3 Å². The summed E-state index contributed by atoms with van der Waals surface area (Å²) in [6.45, 7) is 8.31. The summed E-state index contributed by atoms with van der Waals surface area (Å²) >= 11 is 0. The Morgan fingerprint density at radius 3 is 2.53 bits per heavy atom. The number of hydrogen-bond donors (Lipinski definition) is 0. The van der Waals surface area contributed by atoms with Crippen LogP contribution in [0.4, 0.5) is 0 Å². The second-order valence-electron chi connectivity index (χ2n) is 8.72. The molecule has 0 amide bonds. The lowest BCUT2D eigenvalue weighted by Gasteiger charge is -2.32. The molecule has 4 rings (SSSR count). The Kier molecular flexibility index (Phi) is 7.49. The van der Waals surface area contributed by atoms with Gasteiger partial charge in [-0.05, 0) is 51.9 Å². The van der Waals surface area contributed by atoms with Gasteiger partial charge in [-0.25, -0.2) is 0 Å². The first-order valence-electron chi connectivity index (χ1n) is 11.3. The lowest BCUT2D eigenvalue weighted by molar-refractivity contribution is 0.0376. The van der Waals surface area contributed by atoms with Gasteiger partial charge in [0.1, 0.15) is 0 Å². The van der Waals surface area contributed by atoms with Crippen LogP contribution in [-0.4, -0.2) is 90.9 Å². The van der Waals surface area contributed by atoms with E-state index >= 15 is 0 Å². The number of benzene rings is 1. The van der Waals surface area contributed by atoms with E-state index in [1.807, 2.05) is 0 Å². The minimum atomic E-state index is 0.527. The molecule has 0 unspecified atom stereocenters. The van der Waals surface area contributed by atoms with Gasteiger partial charge in [-0.3, -0.25) is 4.90 Å². The van der Waals surface area contributed by atoms with E-state index in [0.717, 1.165) is 38.0 Å². The van der Waals surface area contributed by atoms with E-state index in [-0.39, 0.29) is 0 Å². The van der Waals surface area contributed by atoms with Crippen molar-refractivity contribution in [1.82, 2.24) is 24.8 Å². The average molecular weight is 414 g/mol. The number of piperazine rings is 1. The zero-order valence-electron chi connectivity index (χ0n) is 18.4. The summed E-state index contributed by atoms with van der Waals surface area (Å²) in [5.41, 5.74) is 2.39. The predicted molar refractivity (Wildman–Crippen MR) is 117 cm³/mol. The third-order valence-corrected chi connectivity index (χ3v) is 6.41. The van der Waals surface area contributed by atoms with Gasteiger partial charge in [0.05, 0.1) is 6.54 Å². The first-order chi connectivity index (χ1) is 14.7. The Hall–Kier alpha value is -1.80. The largest absolute Gasteiger partial charge is 0.381 e. The third kappa shape index (κ3) is 5.88. The molecular formula is C23H35N5O2. The fourth-order valence-electron chi connectivity index (χ4n) is 4.30. The van der Waals surface area contributed by atoms with Gasteiger partial charge >= 0.3 is 0 Å². The van der Waals surface area contributed by atoms with Crippen molar-refractivity contribution < 1.29 is 9.26 Å². The number of aryl methyl sites for hydroxylation is 1. The van der Waals surface area contributed by atoms with Crippen LogP contribution in [0.2, 0.25) is 0 Å². The first-order valence-corrected chi connectivity index (χ1v) is 11.3. The Bertz CT molecular complexity index is 764. The minimum Gasteiger partial charge on any atom is -0.381 e. The summed E-state index contributed by atoms with van der Waals surface area (Å²) in [5.74, 6) is 1.35. The number of nitrogens with zero attached hydrogens (tertiary/aromatic N) is 5. The van der Waals surface area contributed by atoms with Crippen LogP contribution < -0.4 is 0 Å². The number of aromatic nitrogens is 2. The molecule has 3 heterocycles. The van der Waals surface area contributed by atoms with Gasteiger partial charge in [-0.2, -0.15) is 4.98 Å². The fourth-order valence-corrected chi connectivity index (χ4v) is 4.30. The molecule has 2 fully saturated rings. The lowest BCUT2D eigenvalue weighted by Crippen LogP contribution is -2.44. The molecule has 2 aromatic rings. The molecule has 30 heavy (non-hydrogen) atoms. The standard InChI is InChI=1S/C23H35N5O2/c1-26-12-14-28(15-13-26)11-3-4-19-5-7-20(8-6-19)23-24-22(30-25-23)18-27(2)21-9-16-29-17-10-21/h5-8,21H,3-4,9-18H2,1-2H3. The van der Waals surface area contributed by atoms with Crippen molar-refractivity contribution in [2.75, 3.05) is 60.0 Å². The highest BCUT2D eigenvalue weighted by Gasteiger charge is 2.20. The van der Waals surface area contributed by atoms with Crippen molar-refractivity contribution in [3.63, 3.8) is 0 Å². The quantitative estimate of drug-likeness (QED) is 0.659. The fraction of sp³-hybridized carbons (Fsp3) is 0.652. The molecule has 0 spiro atoms. The van der Waals surface area contributed by atoms with Crippen LogP contribution in [0.25, 0.3) is 11.4 Å². The van der Waals surface area contributed by atoms with Gasteiger partial charge in [-0.1, -0.05) is 29.4 Å². The number of ether oxygens (including phenoxy) is 1. The van der Waals surface area contributed by atoms with Crippen molar-refractivity contribution in [2.45, 2.75) is 38.3 Å². The maximum atomic E-state index is 5.51. The molecule has 0 aliphatic carbocycles. The summed E-state index contributed by atoms with van der Waals surface area (Å²) < 4.78 is 11.0. The monoisotopic (exact) mass is 413 g/mol. The Balaban J connectivity index is 1.24. The van der Waals surface area contributed by atoms with Gasteiger partial charge in [0.2, 0.25) is 11.7 Å². The summed E-state index contributed by atoms with van der Waals surface area (Å²) in [6.07, 6.45) is 4.44. The van der Waals surface area contributed by atoms with E-state index in [1.165, 1.54) is 44.7 Å². The predicted octanol–water partition coefficient (Wildman–Crippen LogP) is 2.53.